The molecule has 0 fully saturated rings. The zero-order chi connectivity index (χ0) is 15.2. The first-order valence-corrected chi connectivity index (χ1v) is 7.62. The van der Waals surface area contributed by atoms with Gasteiger partial charge in [0, 0.05) is 0 Å². The number of carbonyl (C=O) groups excluding carboxylic acids is 1. The third-order valence-electron chi connectivity index (χ3n) is 3.38. The minimum Gasteiger partial charge on any atom is -0.392 e. The van der Waals surface area contributed by atoms with Gasteiger partial charge in [-0.25, -0.2) is 0 Å². The van der Waals surface area contributed by atoms with Crippen molar-refractivity contribution in [1.29, 1.82) is 0 Å². The van der Waals surface area contributed by atoms with Gasteiger partial charge in [0.2, 0.25) is 5.91 Å². The Kier molecular flexibility index (Phi) is 6.43. The van der Waals surface area contributed by atoms with E-state index in [1.165, 1.54) is 0 Å². The maximum atomic E-state index is 12.7. The predicted octanol–water partition coefficient (Wildman–Crippen LogP) is 4.15. The number of anilines is 1. The number of hydrogen-bond acceptors (Lipinski definition) is 2. The van der Waals surface area contributed by atoms with Crippen molar-refractivity contribution < 1.29 is 4.79 Å². The second kappa shape index (κ2) is 7.60. The number of nitrogens with two attached hydrogens (primary N) is 1. The summed E-state index contributed by atoms with van der Waals surface area (Å²) in [6, 6.07) is 7.14. The van der Waals surface area contributed by atoms with Crippen molar-refractivity contribution in [1.82, 2.24) is 0 Å². The van der Waals surface area contributed by atoms with E-state index in [-0.39, 0.29) is 10.9 Å². The summed E-state index contributed by atoms with van der Waals surface area (Å²) in [6.45, 7) is 4.04. The van der Waals surface area contributed by atoms with Gasteiger partial charge in [-0.15, -0.1) is 0 Å². The molecule has 0 spiro atoms. The van der Waals surface area contributed by atoms with Gasteiger partial charge in [-0.05, 0) is 25.0 Å². The van der Waals surface area contributed by atoms with Crippen LogP contribution in [0.1, 0.15) is 39.5 Å². The molecule has 0 atom stereocenters. The second-order valence-electron chi connectivity index (χ2n) is 4.88. The first kappa shape index (κ1) is 16.9. The van der Waals surface area contributed by atoms with E-state index >= 15 is 0 Å². The zero-order valence-corrected chi connectivity index (χ0v) is 13.5. The number of carbonyl (C=O) groups is 1. The lowest BCUT2D eigenvalue weighted by atomic mass is 9.78. The highest BCUT2D eigenvalue weighted by Crippen LogP contribution is 2.33. The topological polar surface area (TPSA) is 55.1 Å². The van der Waals surface area contributed by atoms with Gasteiger partial charge >= 0.3 is 0 Å². The van der Waals surface area contributed by atoms with Crippen LogP contribution in [0.25, 0.3) is 0 Å². The molecule has 110 valence electrons. The zero-order valence-electron chi connectivity index (χ0n) is 11.9. The molecule has 0 saturated heterocycles. The third kappa shape index (κ3) is 3.70. The van der Waals surface area contributed by atoms with Crippen molar-refractivity contribution in [2.45, 2.75) is 39.5 Å². The Hall–Kier alpha value is -1.13. The van der Waals surface area contributed by atoms with E-state index in [2.05, 4.69) is 5.32 Å². The second-order valence-corrected chi connectivity index (χ2v) is 5.73. The molecule has 1 rings (SSSR count). The van der Waals surface area contributed by atoms with Crippen molar-refractivity contribution >= 4 is 40.4 Å². The lowest BCUT2D eigenvalue weighted by Crippen LogP contribution is -2.46. The molecule has 0 aliphatic rings. The minimum atomic E-state index is -0.794. The summed E-state index contributed by atoms with van der Waals surface area (Å²) in [5, 5.41) is 3.37. The fraction of sp³-hybridized carbons (Fsp3) is 0.467. The van der Waals surface area contributed by atoms with E-state index in [1.54, 1.807) is 12.1 Å². The molecule has 20 heavy (non-hydrogen) atoms. The van der Waals surface area contributed by atoms with Crippen molar-refractivity contribution in [2.24, 2.45) is 11.1 Å². The van der Waals surface area contributed by atoms with Crippen LogP contribution in [0.3, 0.4) is 0 Å². The van der Waals surface area contributed by atoms with Gasteiger partial charge in [0.05, 0.1) is 21.1 Å². The summed E-state index contributed by atoms with van der Waals surface area (Å²) < 4.78 is 0. The molecule has 1 aromatic carbocycles. The minimum absolute atomic E-state index is 0.165. The number of para-hydroxylation sites is 1. The summed E-state index contributed by atoms with van der Waals surface area (Å²) in [6.07, 6.45) is 2.97. The van der Waals surface area contributed by atoms with Gasteiger partial charge in [-0.1, -0.05) is 62.6 Å². The Labute approximate surface area is 130 Å². The predicted molar refractivity (Wildman–Crippen MR) is 89.1 cm³/mol. The first-order valence-electron chi connectivity index (χ1n) is 6.83. The summed E-state index contributed by atoms with van der Waals surface area (Å²) in [7, 11) is 0. The molecular weight excluding hydrogens is 292 g/mol. The maximum absolute atomic E-state index is 12.7. The molecule has 5 heteroatoms. The summed E-state index contributed by atoms with van der Waals surface area (Å²) in [5.41, 5.74) is 5.67. The van der Waals surface area contributed by atoms with Gasteiger partial charge in [0.25, 0.3) is 0 Å². The highest BCUT2D eigenvalue weighted by Gasteiger charge is 2.39. The average Bonchev–Trinajstić information content (AvgIpc) is 2.40. The third-order valence-corrected chi connectivity index (χ3v) is 4.10. The largest absolute Gasteiger partial charge is 0.392 e. The Morgan fingerprint density at radius 1 is 1.30 bits per heavy atom. The molecule has 0 aromatic heterocycles. The normalized spacial score (nSPS) is 11.2. The average molecular weight is 313 g/mol. The molecule has 1 aromatic rings. The number of nitrogens with one attached hydrogen (secondary N) is 1. The highest BCUT2D eigenvalue weighted by atomic mass is 35.5. The fourth-order valence-electron chi connectivity index (χ4n) is 2.37. The van der Waals surface area contributed by atoms with Gasteiger partial charge in [0.15, 0.2) is 0 Å². The van der Waals surface area contributed by atoms with E-state index in [0.717, 1.165) is 12.8 Å². The number of rotatable bonds is 7. The molecule has 3 nitrogen and oxygen atoms in total. The number of thiocarbonyl (C=S) groups is 1. The van der Waals surface area contributed by atoms with Gasteiger partial charge < -0.3 is 11.1 Å². The van der Waals surface area contributed by atoms with Crippen LogP contribution in [0.5, 0.6) is 0 Å². The van der Waals surface area contributed by atoms with Gasteiger partial charge in [-0.2, -0.15) is 0 Å². The van der Waals surface area contributed by atoms with Crippen LogP contribution >= 0.6 is 23.8 Å². The molecule has 3 N–H and O–H groups in total. The van der Waals surface area contributed by atoms with Crippen molar-refractivity contribution in [3.05, 3.63) is 29.3 Å². The molecule has 0 saturated carbocycles. The standard InChI is InChI=1S/C15H21ClN2OS/c1-3-9-15(10-4-2,13(17)20)14(19)18-12-8-6-5-7-11(12)16/h5-8H,3-4,9-10H2,1-2H3,(H2,17,20)(H,18,19). The Morgan fingerprint density at radius 3 is 2.30 bits per heavy atom. The lowest BCUT2D eigenvalue weighted by molar-refractivity contribution is -0.122. The van der Waals surface area contributed by atoms with Crippen LogP contribution in [0.2, 0.25) is 5.02 Å². The summed E-state index contributed by atoms with van der Waals surface area (Å²) >= 11 is 11.2. The lowest BCUT2D eigenvalue weighted by Gasteiger charge is -2.31. The molecule has 0 unspecified atom stereocenters. The molecule has 1 amide bonds. The number of amides is 1. The molecule has 0 aliphatic carbocycles. The van der Waals surface area contributed by atoms with E-state index in [1.807, 2.05) is 26.0 Å². The van der Waals surface area contributed by atoms with E-state index < -0.39 is 5.41 Å². The monoisotopic (exact) mass is 312 g/mol. The first-order chi connectivity index (χ1) is 9.47. The molecular formula is C15H21ClN2OS. The summed E-state index contributed by atoms with van der Waals surface area (Å²) in [4.78, 5) is 12.9. The Bertz CT molecular complexity index is 485. The number of benzene rings is 1. The molecule has 0 radical (unpaired) electrons. The van der Waals surface area contributed by atoms with Crippen molar-refractivity contribution in [3.8, 4) is 0 Å². The smallest absolute Gasteiger partial charge is 0.237 e. The van der Waals surface area contributed by atoms with Crippen LogP contribution in [0, 0.1) is 5.41 Å². The number of hydrogen-bond donors (Lipinski definition) is 2. The van der Waals surface area contributed by atoms with Gasteiger partial charge in [0.1, 0.15) is 0 Å². The van der Waals surface area contributed by atoms with E-state index in [9.17, 15) is 4.79 Å². The molecule has 0 aliphatic heterocycles. The Balaban J connectivity index is 3.05. The quantitative estimate of drug-likeness (QED) is 0.744. The van der Waals surface area contributed by atoms with Crippen molar-refractivity contribution in [2.75, 3.05) is 5.32 Å². The van der Waals surface area contributed by atoms with Crippen LogP contribution < -0.4 is 11.1 Å². The van der Waals surface area contributed by atoms with Crippen LogP contribution in [0.15, 0.2) is 24.3 Å². The fourth-order valence-corrected chi connectivity index (χ4v) is 2.85. The highest BCUT2D eigenvalue weighted by molar-refractivity contribution is 7.80. The molecule has 0 heterocycles. The van der Waals surface area contributed by atoms with Crippen LogP contribution in [0.4, 0.5) is 5.69 Å². The van der Waals surface area contributed by atoms with E-state index in [4.69, 9.17) is 29.6 Å². The summed E-state index contributed by atoms with van der Waals surface area (Å²) in [5.74, 6) is -0.165. The van der Waals surface area contributed by atoms with E-state index in [0.29, 0.717) is 23.6 Å². The van der Waals surface area contributed by atoms with Crippen molar-refractivity contribution in [3.63, 3.8) is 0 Å². The van der Waals surface area contributed by atoms with Crippen LogP contribution in [-0.2, 0) is 4.79 Å². The molecule has 0 bridgehead atoms. The maximum Gasteiger partial charge on any atom is 0.237 e. The van der Waals surface area contributed by atoms with Gasteiger partial charge in [-0.3, -0.25) is 4.79 Å². The van der Waals surface area contributed by atoms with Crippen LogP contribution in [-0.4, -0.2) is 10.9 Å². The Morgan fingerprint density at radius 2 is 1.85 bits per heavy atom. The SMILES string of the molecule is CCCC(CCC)(C(=O)Nc1ccccc1Cl)C(N)=S. The number of halogens is 1.